The predicted molar refractivity (Wildman–Crippen MR) is 123 cm³/mol. The first-order chi connectivity index (χ1) is 16.5. The molecule has 3 aromatic carbocycles. The van der Waals surface area contributed by atoms with E-state index in [4.69, 9.17) is 0 Å². The number of urea groups is 1. The molecule has 1 aromatic heterocycles. The van der Waals surface area contributed by atoms with Crippen molar-refractivity contribution in [2.45, 2.75) is 12.0 Å². The van der Waals surface area contributed by atoms with Gasteiger partial charge in [-0.15, -0.1) is 0 Å². The van der Waals surface area contributed by atoms with Crippen LogP contribution >= 0.6 is 0 Å². The number of imide groups is 1. The molecule has 1 saturated heterocycles. The summed E-state index contributed by atoms with van der Waals surface area (Å²) in [6.45, 7) is 0. The molecule has 5 rings (SSSR count). The molecule has 9 nitrogen and oxygen atoms in total. The van der Waals surface area contributed by atoms with Crippen LogP contribution in [0.15, 0.2) is 89.7 Å². The highest BCUT2D eigenvalue weighted by Gasteiger charge is 2.54. The Morgan fingerprint density at radius 2 is 1.38 bits per heavy atom. The van der Waals surface area contributed by atoms with Gasteiger partial charge in [0.2, 0.25) is 5.91 Å². The van der Waals surface area contributed by atoms with Crippen molar-refractivity contribution in [3.8, 4) is 0 Å². The van der Waals surface area contributed by atoms with Crippen molar-refractivity contribution in [1.29, 1.82) is 0 Å². The highest BCUT2D eigenvalue weighted by Crippen LogP contribution is 2.35. The van der Waals surface area contributed by atoms with Gasteiger partial charge in [0.15, 0.2) is 5.54 Å². The summed E-state index contributed by atoms with van der Waals surface area (Å²) in [4.78, 5) is 51.4. The Morgan fingerprint density at radius 3 is 2.00 bits per heavy atom. The molecule has 1 aliphatic heterocycles. The summed E-state index contributed by atoms with van der Waals surface area (Å²) >= 11 is 0. The molecule has 0 radical (unpaired) electrons. The number of hydrogen-bond donors (Lipinski definition) is 3. The van der Waals surface area contributed by atoms with Crippen molar-refractivity contribution in [3.63, 3.8) is 0 Å². The van der Waals surface area contributed by atoms with Crippen LogP contribution in [0.2, 0.25) is 0 Å². The van der Waals surface area contributed by atoms with Crippen LogP contribution in [-0.4, -0.2) is 33.1 Å². The number of aromatic amines is 1. The Balaban J connectivity index is 1.46. The van der Waals surface area contributed by atoms with Crippen molar-refractivity contribution in [3.05, 3.63) is 112 Å². The summed E-state index contributed by atoms with van der Waals surface area (Å²) in [5.41, 5.74) is 1.98. The highest BCUT2D eigenvalue weighted by atomic mass is 16.2. The van der Waals surface area contributed by atoms with Crippen molar-refractivity contribution < 1.29 is 14.4 Å². The summed E-state index contributed by atoms with van der Waals surface area (Å²) in [6, 6.07) is 23.7. The molecule has 34 heavy (non-hydrogen) atoms. The molecule has 4 aromatic rings. The number of nitrogens with zero attached hydrogens (tertiary/aromatic N) is 2. The van der Waals surface area contributed by atoms with Crippen molar-refractivity contribution in [2.24, 2.45) is 0 Å². The maximum absolute atomic E-state index is 13.6. The number of hydrazine groups is 1. The van der Waals surface area contributed by atoms with Crippen LogP contribution in [0.4, 0.5) is 4.79 Å². The van der Waals surface area contributed by atoms with Gasteiger partial charge in [0.05, 0.1) is 17.5 Å². The monoisotopic (exact) mass is 453 g/mol. The molecule has 168 valence electrons. The Hall–Kier alpha value is -4.79. The number of carbonyl (C=O) groups excluding carboxylic acids is 3. The minimum absolute atomic E-state index is 0.252. The summed E-state index contributed by atoms with van der Waals surface area (Å²) in [5.74, 6) is -1.27. The minimum atomic E-state index is -1.49. The molecular formula is C25H19N5O4. The molecule has 3 N–H and O–H groups in total. The first-order valence-corrected chi connectivity index (χ1v) is 10.5. The number of benzene rings is 3. The zero-order valence-corrected chi connectivity index (χ0v) is 17.8. The lowest BCUT2D eigenvalue weighted by atomic mass is 9.83. The van der Waals surface area contributed by atoms with Gasteiger partial charge in [-0.2, -0.15) is 10.1 Å². The highest BCUT2D eigenvalue weighted by molar-refractivity contribution is 6.10. The number of nitrogens with one attached hydrogen (secondary N) is 3. The maximum atomic E-state index is 13.6. The van der Waals surface area contributed by atoms with Crippen molar-refractivity contribution >= 4 is 28.6 Å². The smallest absolute Gasteiger partial charge is 0.314 e. The van der Waals surface area contributed by atoms with Crippen LogP contribution in [0.1, 0.15) is 16.8 Å². The van der Waals surface area contributed by atoms with Gasteiger partial charge in [-0.25, -0.2) is 9.89 Å². The zero-order chi connectivity index (χ0) is 23.7. The van der Waals surface area contributed by atoms with Gasteiger partial charge >= 0.3 is 6.03 Å². The third kappa shape index (κ3) is 3.39. The van der Waals surface area contributed by atoms with E-state index in [2.05, 4.69) is 20.9 Å². The number of amides is 4. The molecule has 0 saturated carbocycles. The third-order valence-corrected chi connectivity index (χ3v) is 5.77. The SMILES string of the molecule is O=C(Cc1n[nH]c(=O)c2ccccc12)NN1C(=O)NC(c2ccccc2)(c2ccccc2)C1=O. The average molecular weight is 453 g/mol. The van der Waals surface area contributed by atoms with E-state index < -0.39 is 23.4 Å². The fraction of sp³-hybridized carbons (Fsp3) is 0.0800. The fourth-order valence-electron chi connectivity index (χ4n) is 4.19. The minimum Gasteiger partial charge on any atom is -0.314 e. The lowest BCUT2D eigenvalue weighted by Gasteiger charge is -2.27. The summed E-state index contributed by atoms with van der Waals surface area (Å²) < 4.78 is 0. The molecule has 1 fully saturated rings. The molecule has 2 heterocycles. The van der Waals surface area contributed by atoms with E-state index in [-0.39, 0.29) is 12.0 Å². The predicted octanol–water partition coefficient (Wildman–Crippen LogP) is 1.99. The van der Waals surface area contributed by atoms with Gasteiger partial charge in [-0.3, -0.25) is 19.8 Å². The molecule has 0 aliphatic carbocycles. The number of H-pyrrole nitrogens is 1. The number of rotatable bonds is 5. The van der Waals surface area contributed by atoms with Crippen LogP contribution in [-0.2, 0) is 21.5 Å². The van der Waals surface area contributed by atoms with E-state index in [1.54, 1.807) is 72.8 Å². The van der Waals surface area contributed by atoms with E-state index in [1.807, 2.05) is 12.1 Å². The second-order valence-electron chi connectivity index (χ2n) is 7.81. The van der Waals surface area contributed by atoms with Crippen LogP contribution < -0.4 is 16.3 Å². The summed E-state index contributed by atoms with van der Waals surface area (Å²) in [6.07, 6.45) is -0.252. The quantitative estimate of drug-likeness (QED) is 0.399. The van der Waals surface area contributed by atoms with E-state index in [1.165, 1.54) is 0 Å². The molecular weight excluding hydrogens is 434 g/mol. The normalized spacial score (nSPS) is 14.8. The fourth-order valence-corrected chi connectivity index (χ4v) is 4.19. The standard InChI is InChI=1S/C25H19N5O4/c31-21(15-20-18-13-7-8-14-19(18)22(32)28-27-20)29-30-23(33)25(26-24(30)34,16-9-3-1-4-10-16)17-11-5-2-6-12-17/h1-14H,15H2,(H,26,34)(H,28,32)(H,29,31). The van der Waals surface area contributed by atoms with E-state index in [9.17, 15) is 19.2 Å². The lowest BCUT2D eigenvalue weighted by Crippen LogP contribution is -2.49. The van der Waals surface area contributed by atoms with Crippen LogP contribution in [0.3, 0.4) is 0 Å². The third-order valence-electron chi connectivity index (χ3n) is 5.77. The van der Waals surface area contributed by atoms with E-state index in [0.717, 1.165) is 0 Å². The first kappa shape index (κ1) is 21.1. The van der Waals surface area contributed by atoms with Crippen molar-refractivity contribution in [2.75, 3.05) is 0 Å². The van der Waals surface area contributed by atoms with Crippen LogP contribution in [0.5, 0.6) is 0 Å². The number of fused-ring (bicyclic) bond motifs is 1. The molecule has 4 amide bonds. The van der Waals surface area contributed by atoms with Crippen LogP contribution in [0.25, 0.3) is 10.8 Å². The van der Waals surface area contributed by atoms with E-state index >= 15 is 0 Å². The molecule has 1 aliphatic rings. The lowest BCUT2D eigenvalue weighted by molar-refractivity contribution is -0.138. The average Bonchev–Trinajstić information content (AvgIpc) is 3.12. The first-order valence-electron chi connectivity index (χ1n) is 10.5. The number of aromatic nitrogens is 2. The molecule has 0 bridgehead atoms. The molecule has 0 unspecified atom stereocenters. The second-order valence-corrected chi connectivity index (χ2v) is 7.81. The summed E-state index contributed by atoms with van der Waals surface area (Å²) in [5, 5.41) is 10.7. The summed E-state index contributed by atoms with van der Waals surface area (Å²) in [7, 11) is 0. The van der Waals surface area contributed by atoms with Gasteiger partial charge in [-0.05, 0) is 17.2 Å². The Morgan fingerprint density at radius 1 is 0.824 bits per heavy atom. The van der Waals surface area contributed by atoms with Crippen molar-refractivity contribution in [1.82, 2.24) is 25.9 Å². The van der Waals surface area contributed by atoms with E-state index in [0.29, 0.717) is 32.6 Å². The number of hydrogen-bond acceptors (Lipinski definition) is 5. The number of carbonyl (C=O) groups is 3. The second kappa shape index (κ2) is 8.28. The van der Waals surface area contributed by atoms with Gasteiger partial charge < -0.3 is 5.32 Å². The van der Waals surface area contributed by atoms with Gasteiger partial charge in [0, 0.05) is 5.39 Å². The molecule has 0 atom stereocenters. The van der Waals surface area contributed by atoms with Gasteiger partial charge in [0.1, 0.15) is 0 Å². The Bertz CT molecular complexity index is 1430. The Labute approximate surface area is 193 Å². The molecule has 9 heteroatoms. The topological polar surface area (TPSA) is 124 Å². The molecule has 0 spiro atoms. The van der Waals surface area contributed by atoms with Gasteiger partial charge in [0.25, 0.3) is 11.5 Å². The Kier molecular flexibility index (Phi) is 5.14. The maximum Gasteiger partial charge on any atom is 0.344 e. The largest absolute Gasteiger partial charge is 0.344 e. The van der Waals surface area contributed by atoms with Crippen LogP contribution in [0, 0.1) is 0 Å². The zero-order valence-electron chi connectivity index (χ0n) is 17.8. The van der Waals surface area contributed by atoms with Gasteiger partial charge in [-0.1, -0.05) is 78.9 Å².